The summed E-state index contributed by atoms with van der Waals surface area (Å²) < 4.78 is 18.8. The molecule has 0 bridgehead atoms. The molecular weight excluding hydrogens is 530 g/mol. The summed E-state index contributed by atoms with van der Waals surface area (Å²) in [6.07, 6.45) is 1.77. The van der Waals surface area contributed by atoms with Gasteiger partial charge in [-0.05, 0) is 63.6 Å². The quantitative estimate of drug-likeness (QED) is 0.297. The molecule has 3 aliphatic rings. The number of Topliss-reactive ketones (excluding diaryl/α,β-unsaturated/α-hetero) is 1. The molecule has 0 radical (unpaired) electrons. The molecular formula is C31H39NO7S. The Bertz CT molecular complexity index is 1320. The number of carbonyl (C=O) groups excluding carboxylic acids is 3. The zero-order valence-corrected chi connectivity index (χ0v) is 24.5. The maximum Gasteiger partial charge on any atom is 0.310 e. The minimum atomic E-state index is -1.26. The Labute approximate surface area is 239 Å². The standard InChI is InChI=1S/C31H39NO7S/c1-6-8-20-28(35)17(2)9-7-12-31(5)25(39-31)14-22(19-10-11-23-21(13-19)32-18(3)40-23)37-26(33)15-24-30(4,29(20)36)16-27(34)38-24/h6,10-11,13,17,20,22,24-25,28,35H,1,7-9,12,14-16H2,2-5H3/t17-,20+,22-,24+,25-,28-,30+,31+/m0/s1. The van der Waals surface area contributed by atoms with E-state index < -0.39 is 41.6 Å². The third kappa shape index (κ3) is 5.60. The fourth-order valence-corrected chi connectivity index (χ4v) is 7.28. The molecule has 2 aromatic rings. The Morgan fingerprint density at radius 1 is 1.18 bits per heavy atom. The second kappa shape index (κ2) is 11.0. The molecule has 4 heterocycles. The topological polar surface area (TPSA) is 115 Å². The number of aliphatic hydroxyl groups is 1. The van der Waals surface area contributed by atoms with E-state index in [1.54, 1.807) is 24.3 Å². The summed E-state index contributed by atoms with van der Waals surface area (Å²) >= 11 is 1.61. The lowest BCUT2D eigenvalue weighted by molar-refractivity contribution is -0.157. The fraction of sp³-hybridized carbons (Fsp3) is 0.613. The highest BCUT2D eigenvalue weighted by molar-refractivity contribution is 7.18. The molecule has 40 heavy (non-hydrogen) atoms. The highest BCUT2D eigenvalue weighted by atomic mass is 32.1. The number of aromatic nitrogens is 1. The van der Waals surface area contributed by atoms with Gasteiger partial charge in [-0.1, -0.05) is 25.5 Å². The van der Waals surface area contributed by atoms with Crippen LogP contribution in [0, 0.1) is 24.2 Å². The van der Waals surface area contributed by atoms with Gasteiger partial charge >= 0.3 is 11.9 Å². The molecule has 0 unspecified atom stereocenters. The smallest absolute Gasteiger partial charge is 0.310 e. The average Bonchev–Trinajstić information content (AvgIpc) is 3.20. The fourth-order valence-electron chi connectivity index (χ4n) is 6.48. The lowest BCUT2D eigenvalue weighted by Gasteiger charge is -2.34. The van der Waals surface area contributed by atoms with Crippen LogP contribution in [0.1, 0.15) is 82.4 Å². The van der Waals surface area contributed by atoms with E-state index in [0.29, 0.717) is 6.42 Å². The predicted octanol–water partition coefficient (Wildman–Crippen LogP) is 5.39. The number of esters is 2. The Morgan fingerprint density at radius 3 is 2.70 bits per heavy atom. The molecule has 9 heteroatoms. The number of ether oxygens (including phenoxy) is 3. The summed E-state index contributed by atoms with van der Waals surface area (Å²) in [7, 11) is 0. The minimum absolute atomic E-state index is 0.0871. The number of aliphatic hydroxyl groups excluding tert-OH is 1. The SMILES string of the molecule is C=CC[C@H]1C(=O)[C@]2(C)CC(=O)O[C@@H]2CC(=O)O[C@H](c2ccc3sc(C)nc3c2)C[C@@H]2O[C@]2(C)CCC[C@H](C)[C@@H]1O. The van der Waals surface area contributed by atoms with Crippen LogP contribution in [0.4, 0.5) is 0 Å². The lowest BCUT2D eigenvalue weighted by atomic mass is 9.69. The Hall–Kier alpha value is -2.62. The number of ketones is 1. The number of aryl methyl sites for hydroxylation is 1. The number of cyclic esters (lactones) is 1. The van der Waals surface area contributed by atoms with Gasteiger partial charge in [0.05, 0.1) is 51.3 Å². The van der Waals surface area contributed by atoms with Crippen LogP contribution in [-0.4, -0.2) is 51.7 Å². The monoisotopic (exact) mass is 569 g/mol. The normalized spacial score (nSPS) is 37.4. The number of epoxide rings is 1. The van der Waals surface area contributed by atoms with Crippen LogP contribution in [0.25, 0.3) is 10.2 Å². The van der Waals surface area contributed by atoms with Crippen LogP contribution in [0.5, 0.6) is 0 Å². The van der Waals surface area contributed by atoms with Gasteiger partial charge in [0.1, 0.15) is 18.0 Å². The van der Waals surface area contributed by atoms with Gasteiger partial charge < -0.3 is 19.3 Å². The maximum absolute atomic E-state index is 13.9. The van der Waals surface area contributed by atoms with E-state index in [2.05, 4.69) is 18.5 Å². The number of rotatable bonds is 3. The highest BCUT2D eigenvalue weighted by Crippen LogP contribution is 2.48. The van der Waals surface area contributed by atoms with Crippen molar-refractivity contribution < 1.29 is 33.7 Å². The lowest BCUT2D eigenvalue weighted by Crippen LogP contribution is -2.46. The highest BCUT2D eigenvalue weighted by Gasteiger charge is 2.56. The number of hydrogen-bond acceptors (Lipinski definition) is 9. The third-order valence-corrected chi connectivity index (χ3v) is 10.1. The maximum atomic E-state index is 13.9. The van der Waals surface area contributed by atoms with Gasteiger partial charge in [-0.25, -0.2) is 4.98 Å². The molecule has 1 N–H and O–H groups in total. The van der Waals surface area contributed by atoms with E-state index in [1.807, 2.05) is 32.0 Å². The van der Waals surface area contributed by atoms with Crippen molar-refractivity contribution in [3.63, 3.8) is 0 Å². The molecule has 5 rings (SSSR count). The molecule has 0 saturated carbocycles. The van der Waals surface area contributed by atoms with Crippen LogP contribution < -0.4 is 0 Å². The van der Waals surface area contributed by atoms with E-state index in [9.17, 15) is 19.5 Å². The molecule has 216 valence electrons. The largest absolute Gasteiger partial charge is 0.461 e. The molecule has 0 aliphatic carbocycles. The molecule has 3 aliphatic heterocycles. The zero-order chi connectivity index (χ0) is 28.8. The van der Waals surface area contributed by atoms with E-state index in [4.69, 9.17) is 14.2 Å². The summed E-state index contributed by atoms with van der Waals surface area (Å²) in [6, 6.07) is 5.92. The van der Waals surface area contributed by atoms with Gasteiger partial charge in [0.25, 0.3) is 0 Å². The first-order chi connectivity index (χ1) is 18.9. The van der Waals surface area contributed by atoms with Crippen LogP contribution in [0.3, 0.4) is 0 Å². The second-order valence-corrected chi connectivity index (χ2v) is 13.5. The number of nitrogens with zero attached hydrogens (tertiary/aromatic N) is 1. The van der Waals surface area contributed by atoms with Gasteiger partial charge in [-0.15, -0.1) is 17.9 Å². The number of thiazole rings is 1. The second-order valence-electron chi connectivity index (χ2n) is 12.2. The molecule has 0 spiro atoms. The molecule has 3 saturated heterocycles. The Balaban J connectivity index is 1.47. The van der Waals surface area contributed by atoms with E-state index in [0.717, 1.165) is 40.1 Å². The predicted molar refractivity (Wildman–Crippen MR) is 151 cm³/mol. The number of benzene rings is 1. The van der Waals surface area contributed by atoms with Crippen LogP contribution in [0.2, 0.25) is 0 Å². The number of carbonyl (C=O) groups is 3. The average molecular weight is 570 g/mol. The van der Waals surface area contributed by atoms with Gasteiger partial charge in [0.2, 0.25) is 0 Å². The molecule has 8 nitrogen and oxygen atoms in total. The zero-order valence-electron chi connectivity index (χ0n) is 23.7. The summed E-state index contributed by atoms with van der Waals surface area (Å²) in [4.78, 5) is 44.4. The van der Waals surface area contributed by atoms with Gasteiger partial charge in [0.15, 0.2) is 0 Å². The number of allylic oxidation sites excluding steroid dienone is 1. The van der Waals surface area contributed by atoms with Crippen LogP contribution in [0.15, 0.2) is 30.9 Å². The van der Waals surface area contributed by atoms with Crippen molar-refractivity contribution in [3.05, 3.63) is 41.4 Å². The van der Waals surface area contributed by atoms with Crippen LogP contribution in [-0.2, 0) is 28.6 Å². The van der Waals surface area contributed by atoms with Gasteiger partial charge in [-0.2, -0.15) is 0 Å². The number of hydrogen-bond donors (Lipinski definition) is 1. The van der Waals surface area contributed by atoms with Crippen molar-refractivity contribution in [2.75, 3.05) is 0 Å². The summed E-state index contributed by atoms with van der Waals surface area (Å²) in [5.41, 5.74) is 0.0807. The first-order valence-corrected chi connectivity index (χ1v) is 15.0. The summed E-state index contributed by atoms with van der Waals surface area (Å²) in [5.74, 6) is -2.26. The van der Waals surface area contributed by atoms with E-state index >= 15 is 0 Å². The molecule has 3 fully saturated rings. The van der Waals surface area contributed by atoms with E-state index in [-0.39, 0.29) is 42.7 Å². The molecule has 1 aromatic carbocycles. The Kier molecular flexibility index (Phi) is 7.94. The summed E-state index contributed by atoms with van der Waals surface area (Å²) in [5, 5.41) is 12.2. The first-order valence-electron chi connectivity index (χ1n) is 14.2. The van der Waals surface area contributed by atoms with E-state index in [1.165, 1.54) is 0 Å². The van der Waals surface area contributed by atoms with Crippen molar-refractivity contribution in [2.45, 2.75) is 103 Å². The third-order valence-electron chi connectivity index (χ3n) is 9.12. The van der Waals surface area contributed by atoms with Crippen molar-refractivity contribution in [2.24, 2.45) is 17.3 Å². The number of fused-ring (bicyclic) bond motifs is 3. The van der Waals surface area contributed by atoms with Crippen molar-refractivity contribution in [1.82, 2.24) is 4.98 Å². The van der Waals surface area contributed by atoms with Gasteiger partial charge in [-0.3, -0.25) is 14.4 Å². The first kappa shape index (κ1) is 28.9. The van der Waals surface area contributed by atoms with Crippen molar-refractivity contribution >= 4 is 39.3 Å². The minimum Gasteiger partial charge on any atom is -0.461 e. The summed E-state index contributed by atoms with van der Waals surface area (Å²) in [6.45, 7) is 11.4. The van der Waals surface area contributed by atoms with Gasteiger partial charge in [0, 0.05) is 12.3 Å². The molecule has 8 atom stereocenters. The van der Waals surface area contributed by atoms with Crippen LogP contribution >= 0.6 is 11.3 Å². The Morgan fingerprint density at radius 2 is 1.95 bits per heavy atom. The molecule has 0 amide bonds. The van der Waals surface area contributed by atoms with Crippen molar-refractivity contribution in [1.29, 1.82) is 0 Å². The van der Waals surface area contributed by atoms with Crippen molar-refractivity contribution in [3.8, 4) is 0 Å². The molecule has 1 aromatic heterocycles.